The predicted octanol–water partition coefficient (Wildman–Crippen LogP) is 4.89. The third-order valence-corrected chi connectivity index (χ3v) is 4.87. The summed E-state index contributed by atoms with van der Waals surface area (Å²) in [6.07, 6.45) is 6.83. The fraction of sp³-hybridized carbons (Fsp3) is 0.647. The molecule has 1 N–H and O–H groups in total. The van der Waals surface area contributed by atoms with Crippen molar-refractivity contribution in [3.63, 3.8) is 0 Å². The number of rotatable bonds is 4. The van der Waals surface area contributed by atoms with Crippen LogP contribution in [0.2, 0.25) is 0 Å². The lowest BCUT2D eigenvalue weighted by Gasteiger charge is -2.28. The number of halogens is 1. The average molecular weight is 339 g/mol. The van der Waals surface area contributed by atoms with Crippen LogP contribution in [0.15, 0.2) is 22.7 Å². The van der Waals surface area contributed by atoms with Gasteiger partial charge in [-0.05, 0) is 44.0 Å². The van der Waals surface area contributed by atoms with Crippen LogP contribution in [-0.2, 0) is 0 Å². The van der Waals surface area contributed by atoms with Crippen LogP contribution in [0, 0.1) is 0 Å². The monoisotopic (exact) mass is 338 g/mol. The van der Waals surface area contributed by atoms with Gasteiger partial charge < -0.3 is 10.2 Å². The minimum atomic E-state index is 0.399. The quantitative estimate of drug-likeness (QED) is 0.840. The van der Waals surface area contributed by atoms with E-state index < -0.39 is 0 Å². The van der Waals surface area contributed by atoms with E-state index in [9.17, 15) is 0 Å². The highest BCUT2D eigenvalue weighted by Gasteiger charge is 2.13. The largest absolute Gasteiger partial charge is 0.372 e. The standard InChI is InChI=1S/C17H27BrN2/c1-3-19-14(2)16-10-9-15(13-17(16)18)20-11-7-5-4-6-8-12-20/h9-10,13-14,19H,3-8,11-12H2,1-2H3. The number of anilines is 1. The van der Waals surface area contributed by atoms with E-state index in [-0.39, 0.29) is 0 Å². The summed E-state index contributed by atoms with van der Waals surface area (Å²) in [6.45, 7) is 7.78. The topological polar surface area (TPSA) is 15.3 Å². The van der Waals surface area contributed by atoms with Gasteiger partial charge in [-0.3, -0.25) is 0 Å². The van der Waals surface area contributed by atoms with Crippen LogP contribution < -0.4 is 10.2 Å². The number of benzene rings is 1. The van der Waals surface area contributed by atoms with Gasteiger partial charge in [0.1, 0.15) is 0 Å². The van der Waals surface area contributed by atoms with Crippen LogP contribution in [0.25, 0.3) is 0 Å². The van der Waals surface area contributed by atoms with E-state index >= 15 is 0 Å². The summed E-state index contributed by atoms with van der Waals surface area (Å²) in [5.74, 6) is 0. The Morgan fingerprint density at radius 1 is 1.15 bits per heavy atom. The van der Waals surface area contributed by atoms with E-state index in [0.29, 0.717) is 6.04 Å². The fourth-order valence-electron chi connectivity index (χ4n) is 2.99. The van der Waals surface area contributed by atoms with Crippen molar-refractivity contribution < 1.29 is 0 Å². The molecule has 20 heavy (non-hydrogen) atoms. The molecule has 1 atom stereocenters. The Kier molecular flexibility index (Phi) is 6.37. The number of nitrogens with one attached hydrogen (secondary N) is 1. The summed E-state index contributed by atoms with van der Waals surface area (Å²) in [6, 6.07) is 7.25. The average Bonchev–Trinajstić information content (AvgIpc) is 2.38. The van der Waals surface area contributed by atoms with Gasteiger partial charge in [-0.2, -0.15) is 0 Å². The summed E-state index contributed by atoms with van der Waals surface area (Å²) in [5.41, 5.74) is 2.72. The van der Waals surface area contributed by atoms with Crippen LogP contribution in [-0.4, -0.2) is 19.6 Å². The minimum absolute atomic E-state index is 0.399. The Hall–Kier alpha value is -0.540. The summed E-state index contributed by atoms with van der Waals surface area (Å²) < 4.78 is 1.23. The molecule has 1 aliphatic heterocycles. The van der Waals surface area contributed by atoms with Gasteiger partial charge in [0.2, 0.25) is 0 Å². The lowest BCUT2D eigenvalue weighted by molar-refractivity contribution is 0.556. The van der Waals surface area contributed by atoms with Crippen molar-refractivity contribution in [2.45, 2.75) is 52.0 Å². The van der Waals surface area contributed by atoms with E-state index in [0.717, 1.165) is 6.54 Å². The number of hydrogen-bond acceptors (Lipinski definition) is 2. The Labute approximate surface area is 132 Å². The third kappa shape index (κ3) is 4.23. The zero-order chi connectivity index (χ0) is 14.4. The van der Waals surface area contributed by atoms with E-state index in [2.05, 4.69) is 58.2 Å². The molecule has 1 aliphatic rings. The van der Waals surface area contributed by atoms with Gasteiger partial charge in [0, 0.05) is 29.3 Å². The van der Waals surface area contributed by atoms with Gasteiger partial charge >= 0.3 is 0 Å². The molecule has 0 bridgehead atoms. The van der Waals surface area contributed by atoms with Gasteiger partial charge in [0.15, 0.2) is 0 Å². The van der Waals surface area contributed by atoms with Crippen molar-refractivity contribution in [3.8, 4) is 0 Å². The molecule has 1 heterocycles. The first-order valence-electron chi connectivity index (χ1n) is 8.00. The molecule has 0 aromatic heterocycles. The normalized spacial score (nSPS) is 18.4. The maximum Gasteiger partial charge on any atom is 0.0377 e. The summed E-state index contributed by atoms with van der Waals surface area (Å²) in [5, 5.41) is 3.48. The Morgan fingerprint density at radius 3 is 2.40 bits per heavy atom. The maximum absolute atomic E-state index is 3.75. The first kappa shape index (κ1) is 15.8. The summed E-state index contributed by atoms with van der Waals surface area (Å²) >= 11 is 3.75. The number of hydrogen-bond donors (Lipinski definition) is 1. The van der Waals surface area contributed by atoms with Crippen molar-refractivity contribution in [1.82, 2.24) is 5.32 Å². The molecule has 1 aromatic carbocycles. The molecule has 1 aromatic rings. The summed E-state index contributed by atoms with van der Waals surface area (Å²) in [7, 11) is 0. The van der Waals surface area contributed by atoms with Crippen LogP contribution in [0.3, 0.4) is 0 Å². The SMILES string of the molecule is CCNC(C)c1ccc(N2CCCCCCC2)cc1Br. The second-order valence-electron chi connectivity index (χ2n) is 5.74. The molecule has 2 nitrogen and oxygen atoms in total. The Morgan fingerprint density at radius 2 is 1.80 bits per heavy atom. The van der Waals surface area contributed by atoms with Crippen LogP contribution in [0.1, 0.15) is 57.6 Å². The molecule has 3 heteroatoms. The van der Waals surface area contributed by atoms with Crippen molar-refractivity contribution in [3.05, 3.63) is 28.2 Å². The van der Waals surface area contributed by atoms with Crippen LogP contribution >= 0.6 is 15.9 Å². The molecule has 0 saturated carbocycles. The van der Waals surface area contributed by atoms with E-state index in [4.69, 9.17) is 0 Å². The van der Waals surface area contributed by atoms with Gasteiger partial charge in [-0.25, -0.2) is 0 Å². The Bertz CT molecular complexity index is 411. The lowest BCUT2D eigenvalue weighted by Crippen LogP contribution is -2.27. The highest BCUT2D eigenvalue weighted by molar-refractivity contribution is 9.10. The second kappa shape index (κ2) is 8.04. The fourth-order valence-corrected chi connectivity index (χ4v) is 3.70. The first-order valence-corrected chi connectivity index (χ1v) is 8.79. The smallest absolute Gasteiger partial charge is 0.0377 e. The van der Waals surface area contributed by atoms with Crippen molar-refractivity contribution in [2.75, 3.05) is 24.5 Å². The van der Waals surface area contributed by atoms with Gasteiger partial charge in [0.05, 0.1) is 0 Å². The molecule has 112 valence electrons. The molecule has 0 radical (unpaired) electrons. The zero-order valence-corrected chi connectivity index (χ0v) is 14.4. The van der Waals surface area contributed by atoms with E-state index in [1.807, 2.05) is 0 Å². The van der Waals surface area contributed by atoms with Gasteiger partial charge in [-0.15, -0.1) is 0 Å². The van der Waals surface area contributed by atoms with E-state index in [1.54, 1.807) is 0 Å². The molecule has 0 aliphatic carbocycles. The lowest BCUT2D eigenvalue weighted by atomic mass is 10.1. The predicted molar refractivity (Wildman–Crippen MR) is 91.5 cm³/mol. The van der Waals surface area contributed by atoms with Crippen molar-refractivity contribution in [1.29, 1.82) is 0 Å². The third-order valence-electron chi connectivity index (χ3n) is 4.18. The number of nitrogens with zero attached hydrogens (tertiary/aromatic N) is 1. The van der Waals surface area contributed by atoms with Crippen LogP contribution in [0.5, 0.6) is 0 Å². The summed E-state index contributed by atoms with van der Waals surface area (Å²) in [4.78, 5) is 2.55. The molecule has 2 rings (SSSR count). The highest BCUT2D eigenvalue weighted by atomic mass is 79.9. The first-order chi connectivity index (χ1) is 9.72. The molecule has 0 amide bonds. The molecule has 1 saturated heterocycles. The minimum Gasteiger partial charge on any atom is -0.372 e. The molecular weight excluding hydrogens is 312 g/mol. The molecule has 1 unspecified atom stereocenters. The van der Waals surface area contributed by atoms with Crippen molar-refractivity contribution in [2.24, 2.45) is 0 Å². The van der Waals surface area contributed by atoms with Gasteiger partial charge in [0.25, 0.3) is 0 Å². The molecule has 0 spiro atoms. The molecule has 1 fully saturated rings. The maximum atomic E-state index is 3.75. The van der Waals surface area contributed by atoms with Gasteiger partial charge in [-0.1, -0.05) is 48.2 Å². The van der Waals surface area contributed by atoms with Crippen molar-refractivity contribution >= 4 is 21.6 Å². The zero-order valence-electron chi connectivity index (χ0n) is 12.8. The van der Waals surface area contributed by atoms with Crippen LogP contribution in [0.4, 0.5) is 5.69 Å². The van der Waals surface area contributed by atoms with E-state index in [1.165, 1.54) is 60.9 Å². The Balaban J connectivity index is 2.10. The highest BCUT2D eigenvalue weighted by Crippen LogP contribution is 2.29. The second-order valence-corrected chi connectivity index (χ2v) is 6.59. The molecular formula is C17H27BrN2.